The van der Waals surface area contributed by atoms with Gasteiger partial charge in [0.25, 0.3) is 0 Å². The van der Waals surface area contributed by atoms with E-state index in [4.69, 9.17) is 16.7 Å². The molecule has 0 bridgehead atoms. The molecule has 0 aliphatic heterocycles. The molecule has 1 aromatic carbocycles. The molecule has 1 heterocycles. The lowest BCUT2D eigenvalue weighted by atomic mass is 10.2. The largest absolute Gasteiger partial charge is 0.481 e. The van der Waals surface area contributed by atoms with Crippen LogP contribution in [0, 0.1) is 0 Å². The molecular formula is C15H15BrClNO2S. The third kappa shape index (κ3) is 5.02. The molecule has 21 heavy (non-hydrogen) atoms. The fraction of sp³-hybridized carbons (Fsp3) is 0.267. The summed E-state index contributed by atoms with van der Waals surface area (Å²) in [5.74, 6) is -0.759. The SMILES string of the molecule is O=C(O)CCCN(Cc1cc(Br)c(Cl)s1)c1ccccc1. The van der Waals surface area contributed by atoms with Gasteiger partial charge in [0, 0.05) is 28.0 Å². The van der Waals surface area contributed by atoms with Gasteiger partial charge in [-0.3, -0.25) is 4.79 Å². The van der Waals surface area contributed by atoms with Crippen LogP contribution in [0.25, 0.3) is 0 Å². The number of aliphatic carboxylic acids is 1. The first-order chi connectivity index (χ1) is 10.1. The zero-order valence-electron chi connectivity index (χ0n) is 11.3. The number of anilines is 1. The molecule has 2 aromatic rings. The van der Waals surface area contributed by atoms with Gasteiger partial charge in [0.05, 0.1) is 6.54 Å². The number of carbonyl (C=O) groups is 1. The van der Waals surface area contributed by atoms with E-state index in [0.717, 1.165) is 25.9 Å². The predicted octanol–water partition coefficient (Wildman–Crippen LogP) is 5.04. The predicted molar refractivity (Wildman–Crippen MR) is 91.4 cm³/mol. The highest BCUT2D eigenvalue weighted by molar-refractivity contribution is 9.10. The van der Waals surface area contributed by atoms with Crippen molar-refractivity contribution in [2.24, 2.45) is 0 Å². The molecule has 0 spiro atoms. The smallest absolute Gasteiger partial charge is 0.303 e. The summed E-state index contributed by atoms with van der Waals surface area (Å²) in [6, 6.07) is 12.0. The monoisotopic (exact) mass is 387 g/mol. The number of halogens is 2. The Morgan fingerprint density at radius 1 is 1.33 bits per heavy atom. The van der Waals surface area contributed by atoms with E-state index < -0.39 is 5.97 Å². The number of para-hydroxylation sites is 1. The molecule has 0 atom stereocenters. The van der Waals surface area contributed by atoms with E-state index in [9.17, 15) is 4.79 Å². The quantitative estimate of drug-likeness (QED) is 0.722. The molecule has 1 aromatic heterocycles. The summed E-state index contributed by atoms with van der Waals surface area (Å²) in [7, 11) is 0. The summed E-state index contributed by atoms with van der Waals surface area (Å²) in [6.07, 6.45) is 0.794. The van der Waals surface area contributed by atoms with Gasteiger partial charge in [0.2, 0.25) is 0 Å². The van der Waals surface area contributed by atoms with E-state index in [1.54, 1.807) is 0 Å². The van der Waals surface area contributed by atoms with E-state index in [-0.39, 0.29) is 6.42 Å². The highest BCUT2D eigenvalue weighted by Crippen LogP contribution is 2.33. The molecule has 0 amide bonds. The van der Waals surface area contributed by atoms with Gasteiger partial charge >= 0.3 is 5.97 Å². The second-order valence-corrected chi connectivity index (χ2v) is 7.18. The van der Waals surface area contributed by atoms with Crippen molar-refractivity contribution in [2.75, 3.05) is 11.4 Å². The molecular weight excluding hydrogens is 374 g/mol. The Morgan fingerprint density at radius 2 is 2.05 bits per heavy atom. The molecule has 112 valence electrons. The summed E-state index contributed by atoms with van der Waals surface area (Å²) < 4.78 is 1.64. The Kier molecular flexibility index (Phi) is 6.08. The first-order valence-electron chi connectivity index (χ1n) is 6.52. The van der Waals surface area contributed by atoms with Gasteiger partial charge in [-0.1, -0.05) is 29.8 Å². The Bertz CT molecular complexity index is 583. The number of benzene rings is 1. The lowest BCUT2D eigenvalue weighted by molar-refractivity contribution is -0.137. The molecule has 2 rings (SSSR count). The van der Waals surface area contributed by atoms with Crippen molar-refractivity contribution < 1.29 is 9.90 Å². The molecule has 0 unspecified atom stereocenters. The number of hydrogen-bond donors (Lipinski definition) is 1. The van der Waals surface area contributed by atoms with Gasteiger partial charge in [0.15, 0.2) is 0 Å². The first kappa shape index (κ1) is 16.3. The summed E-state index contributed by atoms with van der Waals surface area (Å²) in [5.41, 5.74) is 1.09. The van der Waals surface area contributed by atoms with Crippen LogP contribution in [-0.4, -0.2) is 17.6 Å². The zero-order valence-corrected chi connectivity index (χ0v) is 14.4. The minimum absolute atomic E-state index is 0.179. The zero-order chi connectivity index (χ0) is 15.2. The van der Waals surface area contributed by atoms with Crippen molar-refractivity contribution >= 4 is 50.5 Å². The van der Waals surface area contributed by atoms with Crippen LogP contribution >= 0.6 is 38.9 Å². The molecule has 0 aliphatic rings. The average molecular weight is 389 g/mol. The van der Waals surface area contributed by atoms with E-state index in [0.29, 0.717) is 13.0 Å². The van der Waals surface area contributed by atoms with E-state index in [1.165, 1.54) is 11.3 Å². The van der Waals surface area contributed by atoms with Crippen LogP contribution in [0.15, 0.2) is 40.9 Å². The van der Waals surface area contributed by atoms with Crippen LogP contribution in [0.5, 0.6) is 0 Å². The summed E-state index contributed by atoms with van der Waals surface area (Å²) in [6.45, 7) is 1.42. The van der Waals surface area contributed by atoms with Gasteiger partial charge in [-0.15, -0.1) is 11.3 Å². The first-order valence-corrected chi connectivity index (χ1v) is 8.50. The Hall–Kier alpha value is -1.04. The number of hydrogen-bond acceptors (Lipinski definition) is 3. The van der Waals surface area contributed by atoms with E-state index in [1.807, 2.05) is 36.4 Å². The third-order valence-electron chi connectivity index (χ3n) is 2.98. The standard InChI is InChI=1S/C15H15BrClNO2S/c16-13-9-12(21-15(13)17)10-18(8-4-7-14(19)20)11-5-2-1-3-6-11/h1-3,5-6,9H,4,7-8,10H2,(H,19,20). The highest BCUT2D eigenvalue weighted by Gasteiger charge is 2.11. The van der Waals surface area contributed by atoms with Gasteiger partial charge in [-0.25, -0.2) is 0 Å². The number of thiophene rings is 1. The maximum absolute atomic E-state index is 10.7. The minimum atomic E-state index is -0.759. The molecule has 1 N–H and O–H groups in total. The van der Waals surface area contributed by atoms with Crippen LogP contribution in [0.4, 0.5) is 5.69 Å². The third-order valence-corrected chi connectivity index (χ3v) is 5.44. The minimum Gasteiger partial charge on any atom is -0.481 e. The van der Waals surface area contributed by atoms with Gasteiger partial charge < -0.3 is 10.0 Å². The normalized spacial score (nSPS) is 10.6. The number of carboxylic acids is 1. The molecule has 0 fully saturated rings. The lowest BCUT2D eigenvalue weighted by Crippen LogP contribution is -2.23. The topological polar surface area (TPSA) is 40.5 Å². The summed E-state index contributed by atoms with van der Waals surface area (Å²) in [5, 5.41) is 8.79. The molecule has 6 heteroatoms. The van der Waals surface area contributed by atoms with Crippen molar-refractivity contribution in [1.82, 2.24) is 0 Å². The Labute approximate surface area is 141 Å². The molecule has 0 radical (unpaired) electrons. The number of carboxylic acid groups (broad SMARTS) is 1. The van der Waals surface area contributed by atoms with E-state index in [2.05, 4.69) is 20.8 Å². The Balaban J connectivity index is 2.09. The summed E-state index contributed by atoms with van der Waals surface area (Å²) in [4.78, 5) is 14.0. The van der Waals surface area contributed by atoms with Crippen LogP contribution in [0.1, 0.15) is 17.7 Å². The van der Waals surface area contributed by atoms with Gasteiger partial charge in [-0.05, 0) is 40.5 Å². The van der Waals surface area contributed by atoms with Crippen LogP contribution < -0.4 is 4.90 Å². The maximum Gasteiger partial charge on any atom is 0.303 e. The number of nitrogens with zero attached hydrogens (tertiary/aromatic N) is 1. The second-order valence-electron chi connectivity index (χ2n) is 4.59. The van der Waals surface area contributed by atoms with Crippen molar-refractivity contribution in [2.45, 2.75) is 19.4 Å². The molecule has 0 aliphatic carbocycles. The number of rotatable bonds is 7. The average Bonchev–Trinajstić information content (AvgIpc) is 2.77. The van der Waals surface area contributed by atoms with Crippen molar-refractivity contribution in [3.63, 3.8) is 0 Å². The van der Waals surface area contributed by atoms with Crippen LogP contribution in [0.2, 0.25) is 4.34 Å². The van der Waals surface area contributed by atoms with Crippen molar-refractivity contribution in [3.05, 3.63) is 50.1 Å². The van der Waals surface area contributed by atoms with E-state index >= 15 is 0 Å². The molecule has 3 nitrogen and oxygen atoms in total. The fourth-order valence-electron chi connectivity index (χ4n) is 2.02. The van der Waals surface area contributed by atoms with Crippen LogP contribution in [0.3, 0.4) is 0 Å². The fourth-order valence-corrected chi connectivity index (χ4v) is 3.82. The molecule has 0 saturated carbocycles. The van der Waals surface area contributed by atoms with Gasteiger partial charge in [0.1, 0.15) is 4.34 Å². The Morgan fingerprint density at radius 3 is 2.62 bits per heavy atom. The van der Waals surface area contributed by atoms with Gasteiger partial charge in [-0.2, -0.15) is 0 Å². The second kappa shape index (κ2) is 7.82. The molecule has 0 saturated heterocycles. The highest BCUT2D eigenvalue weighted by atomic mass is 79.9. The lowest BCUT2D eigenvalue weighted by Gasteiger charge is -2.24. The maximum atomic E-state index is 10.7. The van der Waals surface area contributed by atoms with Crippen molar-refractivity contribution in [3.8, 4) is 0 Å². The van der Waals surface area contributed by atoms with Crippen molar-refractivity contribution in [1.29, 1.82) is 0 Å². The van der Waals surface area contributed by atoms with Crippen LogP contribution in [-0.2, 0) is 11.3 Å². The summed E-state index contributed by atoms with van der Waals surface area (Å²) >= 11 is 11.0.